The van der Waals surface area contributed by atoms with Gasteiger partial charge in [0.05, 0.1) is 18.8 Å². The van der Waals surface area contributed by atoms with Crippen molar-refractivity contribution in [1.82, 2.24) is 24.1 Å². The number of benzene rings is 1. The zero-order valence-corrected chi connectivity index (χ0v) is 18.0. The van der Waals surface area contributed by atoms with Gasteiger partial charge in [0, 0.05) is 62.6 Å². The number of anilines is 1. The molecule has 1 aromatic carbocycles. The molecule has 4 heterocycles. The number of imidazole rings is 1. The van der Waals surface area contributed by atoms with E-state index in [0.29, 0.717) is 31.3 Å². The quantitative estimate of drug-likeness (QED) is 0.497. The molecule has 0 aliphatic carbocycles. The van der Waals surface area contributed by atoms with Gasteiger partial charge in [0.15, 0.2) is 0 Å². The smallest absolute Gasteiger partial charge is 0.255 e. The van der Waals surface area contributed by atoms with Crippen LogP contribution < -0.4 is 10.5 Å². The van der Waals surface area contributed by atoms with Crippen molar-refractivity contribution in [2.45, 2.75) is 6.10 Å². The van der Waals surface area contributed by atoms with Crippen LogP contribution in [0.15, 0.2) is 72.0 Å². The molecule has 32 heavy (non-hydrogen) atoms. The van der Waals surface area contributed by atoms with Gasteiger partial charge in [-0.15, -0.1) is 0 Å². The largest absolute Gasteiger partial charge is 0.370 e. The summed E-state index contributed by atoms with van der Waals surface area (Å²) in [5.41, 5.74) is 3.53. The maximum absolute atomic E-state index is 12.7. The van der Waals surface area contributed by atoms with Crippen LogP contribution in [0.1, 0.15) is 11.7 Å². The molecule has 0 amide bonds. The first-order valence-electron chi connectivity index (χ1n) is 10.5. The van der Waals surface area contributed by atoms with Crippen LogP contribution in [0.5, 0.6) is 0 Å². The van der Waals surface area contributed by atoms with Gasteiger partial charge in [-0.25, -0.2) is 9.97 Å². The van der Waals surface area contributed by atoms with Gasteiger partial charge in [-0.05, 0) is 23.8 Å². The molecule has 1 aliphatic rings. The minimum absolute atomic E-state index is 0.0957. The van der Waals surface area contributed by atoms with Gasteiger partial charge in [-0.1, -0.05) is 18.2 Å². The normalized spacial score (nSPS) is 16.3. The lowest BCUT2D eigenvalue weighted by Crippen LogP contribution is -2.41. The minimum atomic E-state index is -0.134. The molecule has 8 nitrogen and oxygen atoms in total. The molecule has 1 unspecified atom stereocenters. The summed E-state index contributed by atoms with van der Waals surface area (Å²) in [6.07, 6.45) is 7.00. The Kier molecular flexibility index (Phi) is 5.28. The lowest BCUT2D eigenvalue weighted by atomic mass is 10.0. The monoisotopic (exact) mass is 428 g/mol. The molecule has 1 aliphatic heterocycles. The summed E-state index contributed by atoms with van der Waals surface area (Å²) in [5, 5.41) is 0. The fourth-order valence-electron chi connectivity index (χ4n) is 4.04. The lowest BCUT2D eigenvalue weighted by molar-refractivity contribution is 0.0390. The zero-order valence-electron chi connectivity index (χ0n) is 18.0. The Bertz CT molecular complexity index is 1300. The van der Waals surface area contributed by atoms with Gasteiger partial charge >= 0.3 is 0 Å². The first kappa shape index (κ1) is 20.1. The van der Waals surface area contributed by atoms with Crippen molar-refractivity contribution in [2.24, 2.45) is 14.1 Å². The molecule has 0 spiro atoms. The number of aryl methyl sites for hydroxylation is 1. The molecule has 162 valence electrons. The molecule has 3 aromatic heterocycles. The molecule has 1 saturated heterocycles. The zero-order chi connectivity index (χ0) is 22.1. The predicted molar refractivity (Wildman–Crippen MR) is 122 cm³/mol. The maximum atomic E-state index is 12.7. The number of pyridine rings is 1. The second-order valence-electron chi connectivity index (χ2n) is 7.87. The topological polar surface area (TPSA) is 78.1 Å². The summed E-state index contributed by atoms with van der Waals surface area (Å²) in [6.45, 7) is 1.81. The van der Waals surface area contributed by atoms with Crippen molar-refractivity contribution >= 4 is 5.95 Å². The van der Waals surface area contributed by atoms with E-state index in [1.807, 2.05) is 36.0 Å². The van der Waals surface area contributed by atoms with Gasteiger partial charge in [-0.2, -0.15) is 0 Å². The molecular formula is C24H24N6O2. The van der Waals surface area contributed by atoms with E-state index >= 15 is 0 Å². The molecule has 5 rings (SSSR count). The summed E-state index contributed by atoms with van der Waals surface area (Å²) in [4.78, 5) is 28.1. The van der Waals surface area contributed by atoms with E-state index in [1.54, 1.807) is 36.3 Å². The number of morpholine rings is 1. The predicted octanol–water partition coefficient (Wildman–Crippen LogP) is 2.82. The lowest BCUT2D eigenvalue weighted by Gasteiger charge is -2.34. The second kappa shape index (κ2) is 8.39. The number of hydrogen-bond acceptors (Lipinski definition) is 6. The van der Waals surface area contributed by atoms with E-state index in [0.717, 1.165) is 22.5 Å². The molecule has 4 aromatic rings. The van der Waals surface area contributed by atoms with E-state index < -0.39 is 0 Å². The summed E-state index contributed by atoms with van der Waals surface area (Å²) < 4.78 is 9.70. The van der Waals surface area contributed by atoms with Crippen LogP contribution in [-0.2, 0) is 18.8 Å². The number of aromatic nitrogens is 5. The highest BCUT2D eigenvalue weighted by Crippen LogP contribution is 2.28. The third-order valence-corrected chi connectivity index (χ3v) is 5.77. The third-order valence-electron chi connectivity index (χ3n) is 5.77. The minimum Gasteiger partial charge on any atom is -0.370 e. The highest BCUT2D eigenvalue weighted by atomic mass is 16.5. The molecule has 0 N–H and O–H groups in total. The van der Waals surface area contributed by atoms with Gasteiger partial charge in [0.25, 0.3) is 5.56 Å². The van der Waals surface area contributed by atoms with E-state index in [-0.39, 0.29) is 11.7 Å². The van der Waals surface area contributed by atoms with Gasteiger partial charge < -0.3 is 14.2 Å². The van der Waals surface area contributed by atoms with E-state index in [2.05, 4.69) is 33.1 Å². The highest BCUT2D eigenvalue weighted by Gasteiger charge is 2.25. The average Bonchev–Trinajstić information content (AvgIpc) is 3.27. The number of nitrogens with zero attached hydrogens (tertiary/aromatic N) is 6. The number of hydrogen-bond donors (Lipinski definition) is 0. The summed E-state index contributed by atoms with van der Waals surface area (Å²) >= 11 is 0. The Labute approximate surface area is 185 Å². The Morgan fingerprint density at radius 2 is 1.88 bits per heavy atom. The number of ether oxygens (including phenoxy) is 1. The Morgan fingerprint density at radius 1 is 1.03 bits per heavy atom. The molecular weight excluding hydrogens is 404 g/mol. The summed E-state index contributed by atoms with van der Waals surface area (Å²) in [5.74, 6) is 1.55. The van der Waals surface area contributed by atoms with Crippen molar-refractivity contribution in [1.29, 1.82) is 0 Å². The Morgan fingerprint density at radius 3 is 2.66 bits per heavy atom. The van der Waals surface area contributed by atoms with Crippen LogP contribution in [0.4, 0.5) is 5.95 Å². The molecule has 8 heteroatoms. The van der Waals surface area contributed by atoms with Crippen molar-refractivity contribution < 1.29 is 4.74 Å². The molecule has 1 atom stereocenters. The van der Waals surface area contributed by atoms with E-state index in [9.17, 15) is 4.79 Å². The SMILES string of the molecule is Cn1ccnc1-c1cccc(C2CN(c3nc(-c4ccncc4)cc(=O)n3C)CCO2)c1. The van der Waals surface area contributed by atoms with Crippen LogP contribution in [0.3, 0.4) is 0 Å². The number of rotatable bonds is 4. The summed E-state index contributed by atoms with van der Waals surface area (Å²) in [6, 6.07) is 13.5. The summed E-state index contributed by atoms with van der Waals surface area (Å²) in [7, 11) is 3.74. The molecule has 0 bridgehead atoms. The fraction of sp³-hybridized carbons (Fsp3) is 0.250. The first-order valence-corrected chi connectivity index (χ1v) is 10.5. The Hall–Kier alpha value is -3.78. The van der Waals surface area contributed by atoms with Crippen molar-refractivity contribution in [3.63, 3.8) is 0 Å². The first-order chi connectivity index (χ1) is 15.6. The van der Waals surface area contributed by atoms with E-state index in [1.165, 1.54) is 0 Å². The third kappa shape index (κ3) is 3.80. The maximum Gasteiger partial charge on any atom is 0.255 e. The standard InChI is InChI=1S/C24H24N6O2/c1-28-11-10-26-23(28)19-5-3-4-18(14-19)21-16-30(12-13-32-21)24-27-20(15-22(31)29(24)2)17-6-8-25-9-7-17/h3-11,14-15,21H,12-13,16H2,1-2H3. The van der Waals surface area contributed by atoms with E-state index in [4.69, 9.17) is 9.72 Å². The Balaban J connectivity index is 1.46. The molecule has 0 radical (unpaired) electrons. The van der Waals surface area contributed by atoms with Crippen LogP contribution in [-0.4, -0.2) is 43.8 Å². The van der Waals surface area contributed by atoms with Crippen molar-refractivity contribution in [3.8, 4) is 22.6 Å². The van der Waals surface area contributed by atoms with Crippen LogP contribution in [0, 0.1) is 0 Å². The molecule has 1 fully saturated rings. The van der Waals surface area contributed by atoms with Gasteiger partial charge in [0.2, 0.25) is 5.95 Å². The van der Waals surface area contributed by atoms with Gasteiger partial charge in [0.1, 0.15) is 11.9 Å². The van der Waals surface area contributed by atoms with Crippen LogP contribution in [0.2, 0.25) is 0 Å². The van der Waals surface area contributed by atoms with Crippen LogP contribution in [0.25, 0.3) is 22.6 Å². The van der Waals surface area contributed by atoms with Gasteiger partial charge in [-0.3, -0.25) is 14.3 Å². The van der Waals surface area contributed by atoms with Crippen molar-refractivity contribution in [3.05, 3.63) is 83.2 Å². The second-order valence-corrected chi connectivity index (χ2v) is 7.87. The molecule has 0 saturated carbocycles. The fourth-order valence-corrected chi connectivity index (χ4v) is 4.04. The van der Waals surface area contributed by atoms with Crippen LogP contribution >= 0.6 is 0 Å². The highest BCUT2D eigenvalue weighted by molar-refractivity contribution is 5.60. The van der Waals surface area contributed by atoms with Crippen molar-refractivity contribution in [2.75, 3.05) is 24.6 Å². The average molecular weight is 428 g/mol.